The third-order valence-electron chi connectivity index (χ3n) is 2.12. The fraction of sp³-hybridized carbons (Fsp3) is 0.364. The van der Waals surface area contributed by atoms with E-state index in [0.29, 0.717) is 19.4 Å². The maximum Gasteiger partial charge on any atom is 0.416 e. The molecule has 0 aliphatic carbocycles. The zero-order chi connectivity index (χ0) is 12.0. The Kier molecular flexibility index (Phi) is 4.34. The van der Waals surface area contributed by atoms with Gasteiger partial charge in [-0.1, -0.05) is 12.1 Å². The Labute approximate surface area is 91.5 Å². The monoisotopic (exact) mass is 230 g/mol. The van der Waals surface area contributed by atoms with E-state index in [9.17, 15) is 18.0 Å². The molecule has 1 aromatic rings. The van der Waals surface area contributed by atoms with Gasteiger partial charge in [-0.15, -0.1) is 0 Å². The Balaban J connectivity index is 2.48. The minimum atomic E-state index is -4.29. The lowest BCUT2D eigenvalue weighted by atomic mass is 10.1. The first-order valence-corrected chi connectivity index (χ1v) is 4.80. The van der Waals surface area contributed by atoms with Crippen LogP contribution < -0.4 is 5.32 Å². The van der Waals surface area contributed by atoms with Gasteiger partial charge in [-0.25, -0.2) is 0 Å². The van der Waals surface area contributed by atoms with Crippen LogP contribution in [0.25, 0.3) is 0 Å². The maximum atomic E-state index is 12.2. The molecule has 0 atom stereocenters. The van der Waals surface area contributed by atoms with Gasteiger partial charge in [-0.3, -0.25) is 4.79 Å². The second kappa shape index (κ2) is 5.53. The van der Waals surface area contributed by atoms with Crippen LogP contribution in [0.15, 0.2) is 24.3 Å². The molecule has 0 aliphatic rings. The first-order chi connectivity index (χ1) is 7.54. The molecule has 0 spiro atoms. The molecular weight excluding hydrogens is 219 g/mol. The lowest BCUT2D eigenvalue weighted by Gasteiger charge is -2.07. The third kappa shape index (κ3) is 3.92. The van der Waals surface area contributed by atoms with Crippen LogP contribution >= 0.6 is 0 Å². The zero-order valence-electron chi connectivity index (χ0n) is 8.47. The van der Waals surface area contributed by atoms with E-state index < -0.39 is 11.7 Å². The van der Waals surface area contributed by atoms with E-state index in [4.69, 9.17) is 0 Å². The van der Waals surface area contributed by atoms with E-state index in [1.54, 1.807) is 0 Å². The minimum Gasteiger partial charge on any atom is -0.348 e. The second-order valence-corrected chi connectivity index (χ2v) is 3.33. The second-order valence-electron chi connectivity index (χ2n) is 3.33. The molecule has 0 saturated carbocycles. The summed E-state index contributed by atoms with van der Waals surface area (Å²) in [5.74, 6) is 0. The van der Waals surface area contributed by atoms with E-state index in [1.807, 2.05) is 0 Å². The highest BCUT2D eigenvalue weighted by molar-refractivity contribution is 5.46. The number of hydrogen-bond acceptors (Lipinski definition) is 1. The summed E-state index contributed by atoms with van der Waals surface area (Å²) >= 11 is 0. The highest BCUT2D eigenvalue weighted by Gasteiger charge is 2.29. The molecule has 1 radical (unpaired) electrons. The summed E-state index contributed by atoms with van der Waals surface area (Å²) in [5, 5.41) is 2.37. The van der Waals surface area contributed by atoms with Gasteiger partial charge < -0.3 is 5.32 Å². The SMILES string of the molecule is O=[C]NCCCc1ccc(C(F)(F)F)cc1. The summed E-state index contributed by atoms with van der Waals surface area (Å²) in [7, 11) is 0. The van der Waals surface area contributed by atoms with Crippen molar-refractivity contribution >= 4 is 6.41 Å². The fourth-order valence-electron chi connectivity index (χ4n) is 1.29. The van der Waals surface area contributed by atoms with Crippen LogP contribution in [0.5, 0.6) is 0 Å². The van der Waals surface area contributed by atoms with Gasteiger partial charge in [0, 0.05) is 6.54 Å². The highest BCUT2D eigenvalue weighted by Crippen LogP contribution is 2.29. The van der Waals surface area contributed by atoms with Crippen molar-refractivity contribution in [1.82, 2.24) is 5.32 Å². The van der Waals surface area contributed by atoms with Crippen LogP contribution in [-0.2, 0) is 17.4 Å². The van der Waals surface area contributed by atoms with Crippen molar-refractivity contribution in [3.05, 3.63) is 35.4 Å². The predicted octanol–water partition coefficient (Wildman–Crippen LogP) is 2.29. The van der Waals surface area contributed by atoms with Crippen molar-refractivity contribution in [1.29, 1.82) is 0 Å². The number of hydrogen-bond donors (Lipinski definition) is 1. The summed E-state index contributed by atoms with van der Waals surface area (Å²) < 4.78 is 36.7. The van der Waals surface area contributed by atoms with E-state index in [0.717, 1.165) is 17.7 Å². The van der Waals surface area contributed by atoms with Gasteiger partial charge in [-0.2, -0.15) is 13.2 Å². The normalized spacial score (nSPS) is 11.2. The number of nitrogens with one attached hydrogen (secondary N) is 1. The van der Waals surface area contributed by atoms with Crippen LogP contribution in [-0.4, -0.2) is 13.0 Å². The van der Waals surface area contributed by atoms with Crippen LogP contribution in [0.3, 0.4) is 0 Å². The first kappa shape index (κ1) is 12.5. The largest absolute Gasteiger partial charge is 0.416 e. The lowest BCUT2D eigenvalue weighted by Crippen LogP contribution is -2.12. The summed E-state index contributed by atoms with van der Waals surface area (Å²) in [6, 6.07) is 5.03. The molecule has 2 nitrogen and oxygen atoms in total. The van der Waals surface area contributed by atoms with Crippen LogP contribution in [0.2, 0.25) is 0 Å². The number of halogens is 3. The number of benzene rings is 1. The standard InChI is InChI=1S/C11H11F3NO/c12-11(13,14)10-5-3-9(4-6-10)2-1-7-15-8-16/h3-6H,1-2,7H2,(H,15,16). The molecule has 1 rings (SSSR count). The van der Waals surface area contributed by atoms with E-state index >= 15 is 0 Å². The Morgan fingerprint density at radius 3 is 2.31 bits per heavy atom. The molecule has 0 bridgehead atoms. The first-order valence-electron chi connectivity index (χ1n) is 4.80. The van der Waals surface area contributed by atoms with Crippen molar-refractivity contribution in [2.75, 3.05) is 6.54 Å². The summed E-state index contributed by atoms with van der Waals surface area (Å²) in [5.41, 5.74) is 0.177. The molecule has 0 aliphatic heterocycles. The molecule has 0 unspecified atom stereocenters. The molecule has 1 N–H and O–H groups in total. The molecule has 0 saturated heterocycles. The number of aryl methyl sites for hydroxylation is 1. The molecule has 1 aromatic carbocycles. The average Bonchev–Trinajstić information content (AvgIpc) is 2.24. The molecule has 0 heterocycles. The number of rotatable bonds is 5. The van der Waals surface area contributed by atoms with E-state index in [1.165, 1.54) is 18.5 Å². The zero-order valence-corrected chi connectivity index (χ0v) is 8.47. The van der Waals surface area contributed by atoms with Crippen molar-refractivity contribution < 1.29 is 18.0 Å². The fourth-order valence-corrected chi connectivity index (χ4v) is 1.29. The van der Waals surface area contributed by atoms with Gasteiger partial charge in [0.1, 0.15) is 0 Å². The topological polar surface area (TPSA) is 29.1 Å². The summed E-state index contributed by atoms with van der Waals surface area (Å²) in [6.07, 6.45) is -1.44. The van der Waals surface area contributed by atoms with Gasteiger partial charge in [0.15, 0.2) is 0 Å². The highest BCUT2D eigenvalue weighted by atomic mass is 19.4. The summed E-state index contributed by atoms with van der Waals surface area (Å²) in [4.78, 5) is 9.81. The van der Waals surface area contributed by atoms with Crippen LogP contribution in [0.4, 0.5) is 13.2 Å². The lowest BCUT2D eigenvalue weighted by molar-refractivity contribution is -0.137. The Morgan fingerprint density at radius 2 is 1.81 bits per heavy atom. The Hall–Kier alpha value is -1.52. The van der Waals surface area contributed by atoms with Gasteiger partial charge >= 0.3 is 12.6 Å². The third-order valence-corrected chi connectivity index (χ3v) is 2.12. The Morgan fingerprint density at radius 1 is 1.19 bits per heavy atom. The molecule has 0 fully saturated rings. The molecule has 87 valence electrons. The molecule has 5 heteroatoms. The van der Waals surface area contributed by atoms with Gasteiger partial charge in [0.2, 0.25) is 0 Å². The van der Waals surface area contributed by atoms with Crippen molar-refractivity contribution in [2.24, 2.45) is 0 Å². The number of alkyl halides is 3. The number of carbonyl (C=O) groups excluding carboxylic acids is 1. The average molecular weight is 230 g/mol. The van der Waals surface area contributed by atoms with E-state index in [-0.39, 0.29) is 0 Å². The summed E-state index contributed by atoms with van der Waals surface area (Å²) in [6.45, 7) is 0.477. The molecule has 0 aromatic heterocycles. The van der Waals surface area contributed by atoms with Crippen molar-refractivity contribution in [2.45, 2.75) is 19.0 Å². The van der Waals surface area contributed by atoms with Crippen LogP contribution in [0.1, 0.15) is 17.5 Å². The van der Waals surface area contributed by atoms with Crippen molar-refractivity contribution in [3.8, 4) is 0 Å². The van der Waals surface area contributed by atoms with Crippen LogP contribution in [0, 0.1) is 0 Å². The predicted molar refractivity (Wildman–Crippen MR) is 53.5 cm³/mol. The van der Waals surface area contributed by atoms with Gasteiger partial charge in [-0.05, 0) is 30.5 Å². The van der Waals surface area contributed by atoms with Gasteiger partial charge in [0.25, 0.3) is 0 Å². The minimum absolute atomic E-state index is 0.477. The van der Waals surface area contributed by atoms with Gasteiger partial charge in [0.05, 0.1) is 5.56 Å². The molecule has 16 heavy (non-hydrogen) atoms. The molecule has 1 amide bonds. The Bertz CT molecular complexity index is 332. The quantitative estimate of drug-likeness (QED) is 0.610. The van der Waals surface area contributed by atoms with Crippen molar-refractivity contribution in [3.63, 3.8) is 0 Å². The maximum absolute atomic E-state index is 12.2. The smallest absolute Gasteiger partial charge is 0.348 e. The number of amides is 1. The van der Waals surface area contributed by atoms with E-state index in [2.05, 4.69) is 5.32 Å². The molecular formula is C11H11F3NO.